The van der Waals surface area contributed by atoms with Gasteiger partial charge in [0.05, 0.1) is 0 Å². The molecule has 1 N–H and O–H groups in total. The first-order valence-electron chi connectivity index (χ1n) is 7.77. The molecule has 0 spiro atoms. The van der Waals surface area contributed by atoms with Crippen molar-refractivity contribution in [2.75, 3.05) is 6.54 Å². The summed E-state index contributed by atoms with van der Waals surface area (Å²) in [7, 11) is 0. The van der Waals surface area contributed by atoms with E-state index in [-0.39, 0.29) is 0 Å². The number of hydrogen-bond acceptors (Lipinski definition) is 1. The Hall–Kier alpha value is -0.340. The molecule has 1 nitrogen and oxygen atoms in total. The van der Waals surface area contributed by atoms with E-state index in [9.17, 15) is 0 Å². The summed E-state index contributed by atoms with van der Waals surface area (Å²) in [6.45, 7) is 3.42. The fourth-order valence-corrected chi connectivity index (χ4v) is 3.66. The molecule has 19 heavy (non-hydrogen) atoms. The van der Waals surface area contributed by atoms with Gasteiger partial charge >= 0.3 is 0 Å². The summed E-state index contributed by atoms with van der Waals surface area (Å²) >= 11 is 3.56. The third kappa shape index (κ3) is 4.92. The Morgan fingerprint density at radius 1 is 1.32 bits per heavy atom. The summed E-state index contributed by atoms with van der Waals surface area (Å²) in [6.07, 6.45) is 9.44. The van der Waals surface area contributed by atoms with E-state index in [1.54, 1.807) is 0 Å². The minimum atomic E-state index is 0.724. The predicted molar refractivity (Wildman–Crippen MR) is 86.5 cm³/mol. The van der Waals surface area contributed by atoms with Gasteiger partial charge in [0.2, 0.25) is 0 Å². The van der Waals surface area contributed by atoms with Crippen LogP contribution in [0.5, 0.6) is 0 Å². The first-order chi connectivity index (χ1) is 9.29. The third-order valence-corrected chi connectivity index (χ3v) is 4.75. The molecule has 1 saturated carbocycles. The lowest BCUT2D eigenvalue weighted by Crippen LogP contribution is -2.36. The zero-order valence-electron chi connectivity index (χ0n) is 12.0. The lowest BCUT2D eigenvalue weighted by molar-refractivity contribution is 0.341. The molecule has 2 rings (SSSR count). The first kappa shape index (κ1) is 15.1. The zero-order valence-corrected chi connectivity index (χ0v) is 13.6. The molecule has 1 fully saturated rings. The van der Waals surface area contributed by atoms with Crippen molar-refractivity contribution in [2.45, 2.75) is 57.9 Å². The van der Waals surface area contributed by atoms with Crippen LogP contribution in [-0.2, 0) is 6.42 Å². The fraction of sp³-hybridized carbons (Fsp3) is 0.647. The summed E-state index contributed by atoms with van der Waals surface area (Å²) in [5, 5.41) is 3.78. The summed E-state index contributed by atoms with van der Waals surface area (Å²) in [5.41, 5.74) is 1.45. The van der Waals surface area contributed by atoms with E-state index in [0.29, 0.717) is 0 Å². The average molecular weight is 324 g/mol. The van der Waals surface area contributed by atoms with E-state index in [4.69, 9.17) is 0 Å². The van der Waals surface area contributed by atoms with Gasteiger partial charge < -0.3 is 5.32 Å². The second kappa shape index (κ2) is 8.06. The Balaban J connectivity index is 1.88. The van der Waals surface area contributed by atoms with Crippen molar-refractivity contribution in [3.63, 3.8) is 0 Å². The van der Waals surface area contributed by atoms with E-state index in [1.807, 2.05) is 0 Å². The highest BCUT2D eigenvalue weighted by atomic mass is 79.9. The van der Waals surface area contributed by atoms with Gasteiger partial charge in [0.15, 0.2) is 0 Å². The van der Waals surface area contributed by atoms with Crippen LogP contribution in [0.15, 0.2) is 28.7 Å². The van der Waals surface area contributed by atoms with Crippen molar-refractivity contribution in [3.05, 3.63) is 34.3 Å². The van der Waals surface area contributed by atoms with Crippen LogP contribution in [0.1, 0.15) is 51.0 Å². The maximum absolute atomic E-state index is 3.78. The first-order valence-corrected chi connectivity index (χ1v) is 8.56. The van der Waals surface area contributed by atoms with E-state index in [2.05, 4.69) is 52.4 Å². The number of hydrogen-bond donors (Lipinski definition) is 1. The van der Waals surface area contributed by atoms with E-state index < -0.39 is 0 Å². The van der Waals surface area contributed by atoms with Crippen LogP contribution in [0, 0.1) is 5.92 Å². The molecule has 1 aromatic carbocycles. The van der Waals surface area contributed by atoms with Crippen molar-refractivity contribution >= 4 is 15.9 Å². The van der Waals surface area contributed by atoms with Crippen LogP contribution in [0.4, 0.5) is 0 Å². The van der Waals surface area contributed by atoms with Crippen LogP contribution >= 0.6 is 15.9 Å². The maximum atomic E-state index is 3.78. The smallest absolute Gasteiger partial charge is 0.0177 e. The quantitative estimate of drug-likeness (QED) is 0.749. The highest BCUT2D eigenvalue weighted by molar-refractivity contribution is 9.10. The number of aryl methyl sites for hydroxylation is 1. The van der Waals surface area contributed by atoms with Gasteiger partial charge in [0, 0.05) is 10.5 Å². The molecule has 1 aliphatic rings. The molecule has 0 aliphatic heterocycles. The van der Waals surface area contributed by atoms with Gasteiger partial charge in [0.25, 0.3) is 0 Å². The van der Waals surface area contributed by atoms with Gasteiger partial charge in [-0.15, -0.1) is 0 Å². The van der Waals surface area contributed by atoms with E-state index >= 15 is 0 Å². The number of nitrogens with one attached hydrogen (secondary N) is 1. The SMILES string of the molecule is CCCNC(CCc1cccc(Br)c1)C1CCCC1. The molecule has 0 heterocycles. The van der Waals surface area contributed by atoms with Crippen LogP contribution in [-0.4, -0.2) is 12.6 Å². The number of benzene rings is 1. The van der Waals surface area contributed by atoms with Crippen LogP contribution in [0.2, 0.25) is 0 Å². The average Bonchev–Trinajstić information content (AvgIpc) is 2.93. The highest BCUT2D eigenvalue weighted by Crippen LogP contribution is 2.29. The standard InChI is InChI=1S/C17H26BrN/c1-2-12-19-17(15-7-3-4-8-15)11-10-14-6-5-9-16(18)13-14/h5-6,9,13,15,17,19H,2-4,7-8,10-12H2,1H3. The highest BCUT2D eigenvalue weighted by Gasteiger charge is 2.24. The molecular weight excluding hydrogens is 298 g/mol. The summed E-state index contributed by atoms with van der Waals surface area (Å²) in [5.74, 6) is 0.915. The van der Waals surface area contributed by atoms with E-state index in [0.717, 1.165) is 12.0 Å². The number of halogens is 1. The molecule has 0 aromatic heterocycles. The Labute approximate surface area is 126 Å². The van der Waals surface area contributed by atoms with Gasteiger partial charge in [-0.2, -0.15) is 0 Å². The van der Waals surface area contributed by atoms with Crippen molar-refractivity contribution in [3.8, 4) is 0 Å². The molecule has 106 valence electrons. The molecule has 2 heteroatoms. The van der Waals surface area contributed by atoms with Crippen LogP contribution < -0.4 is 5.32 Å². The fourth-order valence-electron chi connectivity index (χ4n) is 3.21. The number of rotatable bonds is 7. The minimum Gasteiger partial charge on any atom is -0.314 e. The molecule has 0 amide bonds. The van der Waals surface area contributed by atoms with Gasteiger partial charge in [-0.25, -0.2) is 0 Å². The van der Waals surface area contributed by atoms with Crippen molar-refractivity contribution in [1.29, 1.82) is 0 Å². The molecule has 1 aliphatic carbocycles. The Morgan fingerprint density at radius 2 is 2.11 bits per heavy atom. The molecule has 1 aromatic rings. The normalized spacial score (nSPS) is 17.8. The van der Waals surface area contributed by atoms with Crippen LogP contribution in [0.25, 0.3) is 0 Å². The predicted octanol–water partition coefficient (Wildman–Crippen LogP) is 4.94. The zero-order chi connectivity index (χ0) is 13.5. The van der Waals surface area contributed by atoms with Crippen LogP contribution in [0.3, 0.4) is 0 Å². The Bertz CT molecular complexity index is 371. The second-order valence-corrected chi connectivity index (χ2v) is 6.69. The second-order valence-electron chi connectivity index (χ2n) is 5.77. The third-order valence-electron chi connectivity index (χ3n) is 4.26. The Kier molecular flexibility index (Phi) is 6.39. The molecule has 0 radical (unpaired) electrons. The summed E-state index contributed by atoms with van der Waals surface area (Å²) in [6, 6.07) is 9.47. The van der Waals surface area contributed by atoms with Crippen molar-refractivity contribution in [2.24, 2.45) is 5.92 Å². The molecular formula is C17H26BrN. The topological polar surface area (TPSA) is 12.0 Å². The lowest BCUT2D eigenvalue weighted by atomic mass is 9.92. The largest absolute Gasteiger partial charge is 0.314 e. The van der Waals surface area contributed by atoms with Gasteiger partial charge in [-0.05, 0) is 62.3 Å². The van der Waals surface area contributed by atoms with Gasteiger partial charge in [0.1, 0.15) is 0 Å². The monoisotopic (exact) mass is 323 g/mol. The summed E-state index contributed by atoms with van der Waals surface area (Å²) in [4.78, 5) is 0. The Morgan fingerprint density at radius 3 is 2.79 bits per heavy atom. The molecule has 0 saturated heterocycles. The minimum absolute atomic E-state index is 0.724. The summed E-state index contributed by atoms with van der Waals surface area (Å²) < 4.78 is 1.20. The maximum Gasteiger partial charge on any atom is 0.0177 e. The molecule has 1 atom stereocenters. The van der Waals surface area contributed by atoms with Gasteiger partial charge in [-0.3, -0.25) is 0 Å². The van der Waals surface area contributed by atoms with Crippen molar-refractivity contribution < 1.29 is 0 Å². The molecule has 0 bridgehead atoms. The van der Waals surface area contributed by atoms with E-state index in [1.165, 1.54) is 61.5 Å². The molecule has 1 unspecified atom stereocenters. The van der Waals surface area contributed by atoms with Gasteiger partial charge in [-0.1, -0.05) is 47.8 Å². The lowest BCUT2D eigenvalue weighted by Gasteiger charge is -2.25. The van der Waals surface area contributed by atoms with Crippen molar-refractivity contribution in [1.82, 2.24) is 5.32 Å².